The van der Waals surface area contributed by atoms with Crippen LogP contribution >= 0.6 is 0 Å². The molecule has 0 atom stereocenters. The van der Waals surface area contributed by atoms with E-state index in [-0.39, 0.29) is 17.6 Å². The summed E-state index contributed by atoms with van der Waals surface area (Å²) in [5.74, 6) is 0.770. The summed E-state index contributed by atoms with van der Waals surface area (Å²) in [6.07, 6.45) is 3.47. The second-order valence-electron chi connectivity index (χ2n) is 7.48. The molecular formula is C18H25N7O5S. The lowest BCUT2D eigenvalue weighted by molar-refractivity contribution is 0.120. The summed E-state index contributed by atoms with van der Waals surface area (Å²) in [6, 6.07) is 1.59. The van der Waals surface area contributed by atoms with Gasteiger partial charge in [0.15, 0.2) is 5.95 Å². The predicted molar refractivity (Wildman–Crippen MR) is 113 cm³/mol. The van der Waals surface area contributed by atoms with Crippen LogP contribution in [0.4, 0.5) is 11.9 Å². The van der Waals surface area contributed by atoms with Gasteiger partial charge < -0.3 is 20.1 Å². The first kappa shape index (κ1) is 21.5. The summed E-state index contributed by atoms with van der Waals surface area (Å²) in [5.41, 5.74) is 5.77. The van der Waals surface area contributed by atoms with E-state index in [1.54, 1.807) is 6.07 Å². The fourth-order valence-electron chi connectivity index (χ4n) is 3.56. The molecule has 4 rings (SSSR count). The van der Waals surface area contributed by atoms with Gasteiger partial charge in [-0.25, -0.2) is 22.7 Å². The number of H-pyrrole nitrogens is 1. The number of aromatic amines is 1. The van der Waals surface area contributed by atoms with Gasteiger partial charge >= 0.3 is 0 Å². The van der Waals surface area contributed by atoms with Crippen LogP contribution < -0.4 is 20.9 Å². The van der Waals surface area contributed by atoms with Gasteiger partial charge in [-0.3, -0.25) is 9.78 Å². The SMILES string of the molecule is CS(=O)(=O)N1CCC(Oc2cc(-c3cnc(N)[nH]c3=O)nc(N3CCOCC3)n2)CC1. The minimum Gasteiger partial charge on any atom is -0.474 e. The largest absolute Gasteiger partial charge is 0.474 e. The maximum Gasteiger partial charge on any atom is 0.261 e. The first-order valence-corrected chi connectivity index (χ1v) is 11.8. The van der Waals surface area contributed by atoms with Gasteiger partial charge in [0.25, 0.3) is 5.56 Å². The van der Waals surface area contributed by atoms with Crippen molar-refractivity contribution in [2.75, 3.05) is 56.3 Å². The molecule has 0 amide bonds. The Kier molecular flexibility index (Phi) is 6.07. The fourth-order valence-corrected chi connectivity index (χ4v) is 4.43. The molecule has 0 aromatic carbocycles. The normalized spacial score (nSPS) is 18.8. The van der Waals surface area contributed by atoms with Crippen molar-refractivity contribution in [2.45, 2.75) is 18.9 Å². The Bertz CT molecular complexity index is 1090. The minimum atomic E-state index is -3.22. The van der Waals surface area contributed by atoms with Crippen molar-refractivity contribution >= 4 is 21.9 Å². The third-order valence-corrected chi connectivity index (χ3v) is 6.54. The number of piperidine rings is 1. The zero-order valence-corrected chi connectivity index (χ0v) is 18.0. The summed E-state index contributed by atoms with van der Waals surface area (Å²) in [4.78, 5) is 29.9. The number of anilines is 2. The Hall–Kier alpha value is -2.77. The molecule has 168 valence electrons. The Morgan fingerprint density at radius 3 is 2.55 bits per heavy atom. The average Bonchev–Trinajstić information content (AvgIpc) is 2.74. The van der Waals surface area contributed by atoms with E-state index < -0.39 is 15.6 Å². The second-order valence-corrected chi connectivity index (χ2v) is 9.46. The number of sulfonamides is 1. The van der Waals surface area contributed by atoms with Gasteiger partial charge in [0.2, 0.25) is 21.9 Å². The first-order chi connectivity index (χ1) is 14.8. The molecule has 0 spiro atoms. The Morgan fingerprint density at radius 2 is 1.90 bits per heavy atom. The molecule has 0 radical (unpaired) electrons. The summed E-state index contributed by atoms with van der Waals surface area (Å²) in [6.45, 7) is 3.12. The molecule has 2 aliphatic rings. The number of aromatic nitrogens is 4. The molecular weight excluding hydrogens is 426 g/mol. The highest BCUT2D eigenvalue weighted by Gasteiger charge is 2.27. The number of nitrogens with two attached hydrogens (primary N) is 1. The topological polar surface area (TPSA) is 157 Å². The van der Waals surface area contributed by atoms with E-state index in [2.05, 4.69) is 19.9 Å². The molecule has 2 aromatic rings. The third-order valence-electron chi connectivity index (χ3n) is 5.24. The quantitative estimate of drug-likeness (QED) is 0.604. The average molecular weight is 452 g/mol. The zero-order valence-electron chi connectivity index (χ0n) is 17.2. The van der Waals surface area contributed by atoms with Crippen LogP contribution in [0.2, 0.25) is 0 Å². The summed E-state index contributed by atoms with van der Waals surface area (Å²) >= 11 is 0. The van der Waals surface area contributed by atoms with Crippen LogP contribution in [-0.2, 0) is 14.8 Å². The van der Waals surface area contributed by atoms with Crippen LogP contribution in [0.1, 0.15) is 12.8 Å². The maximum atomic E-state index is 12.4. The third kappa shape index (κ3) is 5.11. The molecule has 0 saturated carbocycles. The van der Waals surface area contributed by atoms with Gasteiger partial charge in [0.1, 0.15) is 6.10 Å². The van der Waals surface area contributed by atoms with Gasteiger partial charge in [0.05, 0.1) is 30.7 Å². The highest BCUT2D eigenvalue weighted by Crippen LogP contribution is 2.25. The Labute approximate surface area is 179 Å². The van der Waals surface area contributed by atoms with E-state index in [9.17, 15) is 13.2 Å². The molecule has 31 heavy (non-hydrogen) atoms. The van der Waals surface area contributed by atoms with Crippen molar-refractivity contribution < 1.29 is 17.9 Å². The lowest BCUT2D eigenvalue weighted by Gasteiger charge is -2.31. The molecule has 3 N–H and O–H groups in total. The van der Waals surface area contributed by atoms with E-state index in [0.717, 1.165) is 0 Å². The van der Waals surface area contributed by atoms with Crippen LogP contribution in [0.15, 0.2) is 17.1 Å². The number of nitrogens with zero attached hydrogens (tertiary/aromatic N) is 5. The maximum absolute atomic E-state index is 12.4. The number of ether oxygens (including phenoxy) is 2. The highest BCUT2D eigenvalue weighted by molar-refractivity contribution is 7.88. The number of morpholine rings is 1. The Morgan fingerprint density at radius 1 is 1.19 bits per heavy atom. The molecule has 0 aliphatic carbocycles. The summed E-state index contributed by atoms with van der Waals surface area (Å²) in [5, 5.41) is 0. The van der Waals surface area contributed by atoms with Crippen LogP contribution in [0, 0.1) is 0 Å². The van der Waals surface area contributed by atoms with Crippen molar-refractivity contribution in [1.29, 1.82) is 0 Å². The smallest absolute Gasteiger partial charge is 0.261 e. The van der Waals surface area contributed by atoms with Gasteiger partial charge in [0, 0.05) is 38.4 Å². The van der Waals surface area contributed by atoms with Crippen molar-refractivity contribution in [3.63, 3.8) is 0 Å². The monoisotopic (exact) mass is 451 g/mol. The number of nitrogen functional groups attached to an aromatic ring is 1. The van der Waals surface area contributed by atoms with E-state index in [1.807, 2.05) is 4.90 Å². The van der Waals surface area contributed by atoms with Gasteiger partial charge in [-0.15, -0.1) is 0 Å². The lowest BCUT2D eigenvalue weighted by atomic mass is 10.1. The molecule has 2 aliphatic heterocycles. The molecule has 12 nitrogen and oxygen atoms in total. The van der Waals surface area contributed by atoms with Crippen LogP contribution in [0.25, 0.3) is 11.3 Å². The molecule has 0 bridgehead atoms. The Balaban J connectivity index is 1.61. The molecule has 2 saturated heterocycles. The molecule has 0 unspecified atom stereocenters. The van der Waals surface area contributed by atoms with Crippen molar-refractivity contribution in [3.05, 3.63) is 22.6 Å². The summed E-state index contributed by atoms with van der Waals surface area (Å²) in [7, 11) is -3.22. The van der Waals surface area contributed by atoms with Crippen LogP contribution in [0.5, 0.6) is 5.88 Å². The number of hydrogen-bond acceptors (Lipinski definition) is 10. The zero-order chi connectivity index (χ0) is 22.0. The van der Waals surface area contributed by atoms with Crippen LogP contribution in [0.3, 0.4) is 0 Å². The van der Waals surface area contributed by atoms with E-state index in [4.69, 9.17) is 15.2 Å². The lowest BCUT2D eigenvalue weighted by Crippen LogP contribution is -2.41. The van der Waals surface area contributed by atoms with Crippen molar-refractivity contribution in [3.8, 4) is 17.1 Å². The second kappa shape index (κ2) is 8.77. The molecule has 2 fully saturated rings. The van der Waals surface area contributed by atoms with Crippen molar-refractivity contribution in [1.82, 2.24) is 24.2 Å². The number of hydrogen-bond donors (Lipinski definition) is 2. The van der Waals surface area contributed by atoms with Gasteiger partial charge in [-0.05, 0) is 12.8 Å². The van der Waals surface area contributed by atoms with Gasteiger partial charge in [-0.2, -0.15) is 4.98 Å². The fraction of sp³-hybridized carbons (Fsp3) is 0.556. The van der Waals surface area contributed by atoms with E-state index in [1.165, 1.54) is 16.8 Å². The number of nitrogens with one attached hydrogen (secondary N) is 1. The minimum absolute atomic E-state index is 0.0188. The van der Waals surface area contributed by atoms with E-state index >= 15 is 0 Å². The van der Waals surface area contributed by atoms with Gasteiger partial charge in [-0.1, -0.05) is 0 Å². The standard InChI is InChI=1S/C18H25N7O5S/c1-31(27,28)25-4-2-12(3-5-25)30-15-10-14(13-11-20-17(19)23-16(13)26)21-18(22-15)24-6-8-29-9-7-24/h10-12H,2-9H2,1H3,(H3,19,20,23,26). The number of rotatable bonds is 5. The predicted octanol–water partition coefficient (Wildman–Crippen LogP) is -0.551. The highest BCUT2D eigenvalue weighted by atomic mass is 32.2. The summed E-state index contributed by atoms with van der Waals surface area (Å²) < 4.78 is 36.4. The molecule has 4 heterocycles. The molecule has 2 aromatic heterocycles. The molecule has 13 heteroatoms. The van der Waals surface area contributed by atoms with E-state index in [0.29, 0.717) is 69.8 Å². The first-order valence-electron chi connectivity index (χ1n) is 9.98. The van der Waals surface area contributed by atoms with Crippen LogP contribution in [-0.4, -0.2) is 84.4 Å². The van der Waals surface area contributed by atoms with Crippen molar-refractivity contribution in [2.24, 2.45) is 0 Å².